The average molecular weight is 617 g/mol. The monoisotopic (exact) mass is 616 g/mol. The lowest BCUT2D eigenvalue weighted by Gasteiger charge is -2.15. The first-order valence-electron chi connectivity index (χ1n) is 16.0. The van der Waals surface area contributed by atoms with Gasteiger partial charge in [0.2, 0.25) is 6.79 Å². The maximum atomic E-state index is 9.61. The smallest absolute Gasteiger partial charge is 0.230 e. The lowest BCUT2D eigenvalue weighted by atomic mass is 9.91. The van der Waals surface area contributed by atoms with Gasteiger partial charge in [-0.15, -0.1) is 0 Å². The lowest BCUT2D eigenvalue weighted by molar-refractivity contribution is 0.125. The molecule has 226 valence electrons. The second kappa shape index (κ2) is 11.3. The summed E-state index contributed by atoms with van der Waals surface area (Å²) in [4.78, 5) is 0. The van der Waals surface area contributed by atoms with Gasteiger partial charge in [0, 0.05) is 27.6 Å². The SMILES string of the molecule is N#Cc1ccc2c(c1)c1ccccc1n2-c1ccc2c(c1)-c1cc(-c3cc(-c4ccccc4)cc(-c4ccccc4)c3)ccc1OCO2. The predicted octanol–water partition coefficient (Wildman–Crippen LogP) is 11.1. The molecule has 4 heteroatoms. The van der Waals surface area contributed by atoms with Gasteiger partial charge >= 0.3 is 0 Å². The molecular weight excluding hydrogens is 588 g/mol. The highest BCUT2D eigenvalue weighted by molar-refractivity contribution is 6.09. The number of aromatic nitrogens is 1. The zero-order valence-corrected chi connectivity index (χ0v) is 25.9. The maximum absolute atomic E-state index is 9.61. The largest absolute Gasteiger partial charge is 0.457 e. The summed E-state index contributed by atoms with van der Waals surface area (Å²) in [5.41, 5.74) is 12.6. The summed E-state index contributed by atoms with van der Waals surface area (Å²) in [7, 11) is 0. The van der Waals surface area contributed by atoms with Crippen molar-refractivity contribution in [2.45, 2.75) is 0 Å². The fourth-order valence-corrected chi connectivity index (χ4v) is 6.91. The quantitative estimate of drug-likeness (QED) is 0.198. The van der Waals surface area contributed by atoms with Crippen LogP contribution in [-0.4, -0.2) is 11.4 Å². The second-order valence-electron chi connectivity index (χ2n) is 12.0. The Kier molecular flexibility index (Phi) is 6.55. The molecule has 4 nitrogen and oxygen atoms in total. The molecule has 1 aromatic heterocycles. The van der Waals surface area contributed by atoms with Crippen molar-refractivity contribution in [3.63, 3.8) is 0 Å². The van der Waals surface area contributed by atoms with Gasteiger partial charge in [0.25, 0.3) is 0 Å². The zero-order chi connectivity index (χ0) is 32.0. The molecule has 0 bridgehead atoms. The second-order valence-corrected chi connectivity index (χ2v) is 12.0. The molecule has 0 aliphatic carbocycles. The van der Waals surface area contributed by atoms with Crippen LogP contribution in [0.1, 0.15) is 5.56 Å². The molecular formula is C44H28N2O2. The van der Waals surface area contributed by atoms with Crippen LogP contribution in [0.3, 0.4) is 0 Å². The van der Waals surface area contributed by atoms with Crippen molar-refractivity contribution >= 4 is 21.8 Å². The number of nitrogens with zero attached hydrogens (tertiary/aromatic N) is 2. The third kappa shape index (κ3) is 4.69. The van der Waals surface area contributed by atoms with E-state index in [4.69, 9.17) is 9.47 Å². The number of rotatable bonds is 4. The Morgan fingerprint density at radius 3 is 1.73 bits per heavy atom. The Labute approximate surface area is 278 Å². The van der Waals surface area contributed by atoms with Crippen LogP contribution in [0, 0.1) is 11.3 Å². The van der Waals surface area contributed by atoms with Crippen LogP contribution in [0.2, 0.25) is 0 Å². The highest BCUT2D eigenvalue weighted by Crippen LogP contribution is 2.44. The molecule has 0 radical (unpaired) electrons. The van der Waals surface area contributed by atoms with E-state index in [2.05, 4.69) is 138 Å². The Bertz CT molecular complexity index is 2490. The molecule has 48 heavy (non-hydrogen) atoms. The zero-order valence-electron chi connectivity index (χ0n) is 25.9. The van der Waals surface area contributed by atoms with Crippen LogP contribution in [0.25, 0.3) is 72.0 Å². The third-order valence-electron chi connectivity index (χ3n) is 9.20. The fourth-order valence-electron chi connectivity index (χ4n) is 6.91. The van der Waals surface area contributed by atoms with Crippen LogP contribution in [0.4, 0.5) is 0 Å². The highest BCUT2D eigenvalue weighted by atomic mass is 16.7. The molecule has 7 aromatic carbocycles. The molecule has 0 unspecified atom stereocenters. The van der Waals surface area contributed by atoms with Crippen LogP contribution in [0.15, 0.2) is 158 Å². The van der Waals surface area contributed by atoms with Crippen molar-refractivity contribution in [1.29, 1.82) is 5.26 Å². The molecule has 0 saturated carbocycles. The topological polar surface area (TPSA) is 47.2 Å². The molecule has 0 atom stereocenters. The molecule has 0 fully saturated rings. The van der Waals surface area contributed by atoms with E-state index in [9.17, 15) is 5.26 Å². The van der Waals surface area contributed by atoms with Gasteiger partial charge in [0.1, 0.15) is 11.5 Å². The number of hydrogen-bond acceptors (Lipinski definition) is 3. The van der Waals surface area contributed by atoms with Crippen LogP contribution in [0.5, 0.6) is 11.5 Å². The Balaban J connectivity index is 1.23. The molecule has 1 aliphatic rings. The van der Waals surface area contributed by atoms with E-state index >= 15 is 0 Å². The minimum atomic E-state index is 0.132. The summed E-state index contributed by atoms with van der Waals surface area (Å²) >= 11 is 0. The van der Waals surface area contributed by atoms with Crippen LogP contribution >= 0.6 is 0 Å². The Hall–Kier alpha value is -6.57. The maximum Gasteiger partial charge on any atom is 0.230 e. The van der Waals surface area contributed by atoms with Crippen molar-refractivity contribution in [3.8, 4) is 67.8 Å². The summed E-state index contributed by atoms with van der Waals surface area (Å²) in [6, 6.07) is 57.1. The van der Waals surface area contributed by atoms with E-state index in [1.807, 2.05) is 30.3 Å². The minimum Gasteiger partial charge on any atom is -0.457 e. The van der Waals surface area contributed by atoms with Gasteiger partial charge < -0.3 is 14.0 Å². The molecule has 1 aliphatic heterocycles. The van der Waals surface area contributed by atoms with Gasteiger partial charge in [-0.3, -0.25) is 0 Å². The molecule has 8 aromatic rings. The lowest BCUT2D eigenvalue weighted by Crippen LogP contribution is -2.03. The first kappa shape index (κ1) is 27.7. The molecule has 0 saturated heterocycles. The first-order chi connectivity index (χ1) is 23.7. The Morgan fingerprint density at radius 2 is 1.04 bits per heavy atom. The van der Waals surface area contributed by atoms with Gasteiger partial charge in [0.15, 0.2) is 0 Å². The van der Waals surface area contributed by atoms with E-state index in [1.165, 1.54) is 11.1 Å². The summed E-state index contributed by atoms with van der Waals surface area (Å²) in [6.45, 7) is 0.132. The summed E-state index contributed by atoms with van der Waals surface area (Å²) < 4.78 is 14.5. The van der Waals surface area contributed by atoms with E-state index in [0.717, 1.165) is 72.4 Å². The van der Waals surface area contributed by atoms with E-state index in [-0.39, 0.29) is 6.79 Å². The van der Waals surface area contributed by atoms with Crippen molar-refractivity contribution in [2.75, 3.05) is 6.79 Å². The summed E-state index contributed by atoms with van der Waals surface area (Å²) in [5, 5.41) is 11.8. The van der Waals surface area contributed by atoms with E-state index in [1.54, 1.807) is 0 Å². The van der Waals surface area contributed by atoms with Crippen molar-refractivity contribution in [1.82, 2.24) is 4.57 Å². The summed E-state index contributed by atoms with van der Waals surface area (Å²) in [6.07, 6.45) is 0. The number of benzene rings is 7. The Morgan fingerprint density at radius 1 is 0.458 bits per heavy atom. The van der Waals surface area contributed by atoms with Crippen molar-refractivity contribution < 1.29 is 9.47 Å². The number of hydrogen-bond donors (Lipinski definition) is 0. The molecule has 0 N–H and O–H groups in total. The van der Waals surface area contributed by atoms with Crippen molar-refractivity contribution in [3.05, 3.63) is 163 Å². The minimum absolute atomic E-state index is 0.132. The van der Waals surface area contributed by atoms with Crippen LogP contribution < -0.4 is 9.47 Å². The average Bonchev–Trinajstić information content (AvgIpc) is 3.37. The predicted molar refractivity (Wildman–Crippen MR) is 193 cm³/mol. The number of fused-ring (bicyclic) bond motifs is 6. The van der Waals surface area contributed by atoms with Crippen molar-refractivity contribution in [2.24, 2.45) is 0 Å². The normalized spacial score (nSPS) is 12.0. The van der Waals surface area contributed by atoms with E-state index < -0.39 is 0 Å². The van der Waals surface area contributed by atoms with Crippen LogP contribution in [-0.2, 0) is 0 Å². The molecule has 2 heterocycles. The molecule has 9 rings (SSSR count). The first-order valence-corrected chi connectivity index (χ1v) is 16.0. The van der Waals surface area contributed by atoms with Gasteiger partial charge in [-0.05, 0) is 106 Å². The standard InChI is InChI=1S/C44H28N2O2/c45-27-29-15-18-42-38(21-29)37-13-7-8-14-41(37)46(42)36-17-20-44-40(26-36)39-25-32(16-19-43(39)47-28-48-44)35-23-33(30-9-3-1-4-10-30)22-34(24-35)31-11-5-2-6-12-31/h1-26H,28H2. The van der Waals surface area contributed by atoms with Gasteiger partial charge in [-0.2, -0.15) is 5.26 Å². The van der Waals surface area contributed by atoms with Gasteiger partial charge in [-0.25, -0.2) is 0 Å². The summed E-state index contributed by atoms with van der Waals surface area (Å²) in [5.74, 6) is 1.54. The number of para-hydroxylation sites is 1. The number of ether oxygens (including phenoxy) is 2. The highest BCUT2D eigenvalue weighted by Gasteiger charge is 2.21. The molecule has 0 amide bonds. The number of nitriles is 1. The molecule has 0 spiro atoms. The van der Waals surface area contributed by atoms with Gasteiger partial charge in [-0.1, -0.05) is 84.9 Å². The fraction of sp³-hybridized carbons (Fsp3) is 0.0227. The third-order valence-corrected chi connectivity index (χ3v) is 9.20. The van der Waals surface area contributed by atoms with E-state index in [0.29, 0.717) is 5.56 Å². The van der Waals surface area contributed by atoms with Gasteiger partial charge in [0.05, 0.1) is 22.7 Å².